The molecule has 0 bridgehead atoms. The first kappa shape index (κ1) is 17.7. The van der Waals surface area contributed by atoms with Crippen LogP contribution in [-0.2, 0) is 17.1 Å². The van der Waals surface area contributed by atoms with Gasteiger partial charge in [-0.15, -0.1) is 0 Å². The molecule has 0 spiro atoms. The van der Waals surface area contributed by atoms with Crippen molar-refractivity contribution in [1.82, 2.24) is 13.9 Å². The Hall–Kier alpha value is -2.71. The Morgan fingerprint density at radius 2 is 1.89 bits per heavy atom. The van der Waals surface area contributed by atoms with Crippen LogP contribution in [-0.4, -0.2) is 41.5 Å². The highest BCUT2D eigenvalue weighted by molar-refractivity contribution is 7.89. The van der Waals surface area contributed by atoms with Crippen molar-refractivity contribution in [3.63, 3.8) is 0 Å². The first-order valence-electron chi connectivity index (χ1n) is 8.54. The summed E-state index contributed by atoms with van der Waals surface area (Å²) in [5, 5.41) is 0.780. The van der Waals surface area contributed by atoms with Crippen molar-refractivity contribution < 1.29 is 13.2 Å². The lowest BCUT2D eigenvalue weighted by atomic mass is 10.2. The molecule has 0 amide bonds. The lowest BCUT2D eigenvalue weighted by Crippen LogP contribution is -2.56. The van der Waals surface area contributed by atoms with Crippen LogP contribution in [0.2, 0.25) is 0 Å². The van der Waals surface area contributed by atoms with Crippen LogP contribution in [0.1, 0.15) is 5.69 Å². The van der Waals surface area contributed by atoms with Gasteiger partial charge in [-0.2, -0.15) is 4.31 Å². The highest BCUT2D eigenvalue weighted by atomic mass is 32.2. The monoisotopic (exact) mass is 385 g/mol. The minimum absolute atomic E-state index is 0.157. The number of rotatable bonds is 4. The third-order valence-corrected chi connectivity index (χ3v) is 6.67. The number of nitrogens with zero attached hydrogens (tertiary/aromatic N) is 3. The highest BCUT2D eigenvalue weighted by Crippen LogP contribution is 2.28. The van der Waals surface area contributed by atoms with Gasteiger partial charge in [-0.25, -0.2) is 8.42 Å². The van der Waals surface area contributed by atoms with Gasteiger partial charge in [0.1, 0.15) is 16.7 Å². The molecule has 0 N–H and O–H groups in total. The maximum Gasteiger partial charge on any atom is 0.254 e. The van der Waals surface area contributed by atoms with Crippen molar-refractivity contribution in [2.75, 3.05) is 13.1 Å². The second kappa shape index (κ2) is 6.47. The maximum atomic E-state index is 13.0. The normalized spacial score (nSPS) is 15.6. The van der Waals surface area contributed by atoms with Gasteiger partial charge in [0.15, 0.2) is 0 Å². The summed E-state index contributed by atoms with van der Waals surface area (Å²) >= 11 is 0. The zero-order chi connectivity index (χ0) is 19.2. The number of fused-ring (bicyclic) bond motifs is 1. The molecule has 0 radical (unpaired) electrons. The molecule has 0 atom stereocenters. The summed E-state index contributed by atoms with van der Waals surface area (Å²) < 4.78 is 34.6. The van der Waals surface area contributed by atoms with E-state index in [1.165, 1.54) is 14.9 Å². The number of para-hydroxylation sites is 1. The molecular weight excluding hydrogens is 366 g/mol. The number of benzene rings is 1. The summed E-state index contributed by atoms with van der Waals surface area (Å²) in [6.45, 7) is 2.29. The van der Waals surface area contributed by atoms with Gasteiger partial charge in [-0.05, 0) is 25.1 Å². The van der Waals surface area contributed by atoms with E-state index in [0.29, 0.717) is 11.3 Å². The van der Waals surface area contributed by atoms with Crippen LogP contribution in [0.3, 0.4) is 0 Å². The Kier molecular flexibility index (Phi) is 4.24. The Balaban J connectivity index is 1.52. The summed E-state index contributed by atoms with van der Waals surface area (Å²) in [7, 11) is -1.96. The van der Waals surface area contributed by atoms with Crippen LogP contribution in [0, 0.1) is 6.92 Å². The van der Waals surface area contributed by atoms with Crippen LogP contribution in [0.5, 0.6) is 5.75 Å². The summed E-state index contributed by atoms with van der Waals surface area (Å²) in [4.78, 5) is 16.3. The van der Waals surface area contributed by atoms with E-state index < -0.39 is 10.0 Å². The van der Waals surface area contributed by atoms with E-state index in [2.05, 4.69) is 4.98 Å². The minimum atomic E-state index is -3.65. The van der Waals surface area contributed by atoms with Crippen molar-refractivity contribution in [2.24, 2.45) is 7.05 Å². The first-order valence-corrected chi connectivity index (χ1v) is 9.98. The van der Waals surface area contributed by atoms with Gasteiger partial charge in [-0.1, -0.05) is 18.2 Å². The Morgan fingerprint density at radius 3 is 2.63 bits per heavy atom. The van der Waals surface area contributed by atoms with Crippen LogP contribution in [0.25, 0.3) is 10.9 Å². The highest BCUT2D eigenvalue weighted by Gasteiger charge is 2.39. The third kappa shape index (κ3) is 3.11. The minimum Gasteiger partial charge on any atom is -0.487 e. The molecule has 3 aromatic rings. The summed E-state index contributed by atoms with van der Waals surface area (Å²) in [6.07, 6.45) is 1.30. The second-order valence-electron chi connectivity index (χ2n) is 6.62. The summed E-state index contributed by atoms with van der Waals surface area (Å²) in [5.74, 6) is 0.462. The van der Waals surface area contributed by atoms with Crippen molar-refractivity contribution in [2.45, 2.75) is 17.9 Å². The van der Waals surface area contributed by atoms with Crippen molar-refractivity contribution in [3.05, 3.63) is 64.7 Å². The third-order valence-electron chi connectivity index (χ3n) is 4.81. The molecule has 0 aliphatic carbocycles. The fraction of sp³-hybridized carbons (Fsp3) is 0.263. The number of sulfonamides is 1. The molecule has 0 saturated carbocycles. The smallest absolute Gasteiger partial charge is 0.254 e. The van der Waals surface area contributed by atoms with Gasteiger partial charge >= 0.3 is 0 Å². The summed E-state index contributed by atoms with van der Waals surface area (Å²) in [6, 6.07) is 11.9. The van der Waals surface area contributed by atoms with E-state index in [1.807, 2.05) is 19.1 Å². The van der Waals surface area contributed by atoms with E-state index in [4.69, 9.17) is 4.74 Å². The first-order chi connectivity index (χ1) is 12.9. The standard InChI is InChI=1S/C19H19N3O4S/c1-13-9-15(10-18(23)21(13)2)26-16-11-22(12-16)27(24,25)17-7-3-5-14-6-4-8-20-19(14)17/h3-10,16H,11-12H2,1-2H3. The van der Waals surface area contributed by atoms with Crippen LogP contribution in [0.4, 0.5) is 0 Å². The quantitative estimate of drug-likeness (QED) is 0.683. The van der Waals surface area contributed by atoms with Crippen LogP contribution < -0.4 is 10.3 Å². The number of aromatic nitrogens is 2. The molecule has 140 valence electrons. The van der Waals surface area contributed by atoms with E-state index in [0.717, 1.165) is 11.1 Å². The zero-order valence-corrected chi connectivity index (χ0v) is 15.8. The molecule has 0 unspecified atom stereocenters. The molecule has 1 aromatic carbocycles. The molecule has 1 aliphatic heterocycles. The fourth-order valence-electron chi connectivity index (χ4n) is 3.09. The Labute approximate surface area is 156 Å². The van der Waals surface area contributed by atoms with Gasteiger partial charge in [0.05, 0.1) is 18.6 Å². The molecule has 1 aliphatic rings. The molecule has 1 saturated heterocycles. The van der Waals surface area contributed by atoms with Gasteiger partial charge < -0.3 is 9.30 Å². The predicted octanol–water partition coefficient (Wildman–Crippen LogP) is 1.69. The molecule has 1 fully saturated rings. The molecule has 7 nitrogen and oxygen atoms in total. The van der Waals surface area contributed by atoms with E-state index in [1.54, 1.807) is 37.5 Å². The van der Waals surface area contributed by atoms with Gasteiger partial charge in [0, 0.05) is 30.4 Å². The topological polar surface area (TPSA) is 81.5 Å². The Morgan fingerprint density at radius 1 is 1.15 bits per heavy atom. The van der Waals surface area contributed by atoms with Crippen LogP contribution >= 0.6 is 0 Å². The van der Waals surface area contributed by atoms with Crippen molar-refractivity contribution >= 4 is 20.9 Å². The fourth-order valence-corrected chi connectivity index (χ4v) is 4.76. The summed E-state index contributed by atoms with van der Waals surface area (Å²) in [5.41, 5.74) is 1.09. The molecule has 8 heteroatoms. The molecule has 27 heavy (non-hydrogen) atoms. The average molecular weight is 385 g/mol. The van der Waals surface area contributed by atoms with E-state index in [-0.39, 0.29) is 29.6 Å². The number of pyridine rings is 2. The second-order valence-corrected chi connectivity index (χ2v) is 8.53. The zero-order valence-electron chi connectivity index (χ0n) is 15.0. The average Bonchev–Trinajstić information content (AvgIpc) is 2.61. The lowest BCUT2D eigenvalue weighted by Gasteiger charge is -2.37. The van der Waals surface area contributed by atoms with E-state index in [9.17, 15) is 13.2 Å². The van der Waals surface area contributed by atoms with Gasteiger partial charge in [0.2, 0.25) is 10.0 Å². The lowest BCUT2D eigenvalue weighted by molar-refractivity contribution is 0.0759. The van der Waals surface area contributed by atoms with Crippen molar-refractivity contribution in [3.8, 4) is 5.75 Å². The SMILES string of the molecule is Cc1cc(OC2CN(S(=O)(=O)c3cccc4cccnc34)C2)cc(=O)n1C. The number of aryl methyl sites for hydroxylation is 1. The van der Waals surface area contributed by atoms with Crippen LogP contribution in [0.15, 0.2) is 58.4 Å². The molecule has 3 heterocycles. The molecular formula is C19H19N3O4S. The van der Waals surface area contributed by atoms with Gasteiger partial charge in [0.25, 0.3) is 5.56 Å². The van der Waals surface area contributed by atoms with Gasteiger partial charge in [-0.3, -0.25) is 9.78 Å². The number of hydrogen-bond acceptors (Lipinski definition) is 5. The Bertz CT molecular complexity index is 1180. The maximum absolute atomic E-state index is 13.0. The molecule has 2 aromatic heterocycles. The number of hydrogen-bond donors (Lipinski definition) is 0. The largest absolute Gasteiger partial charge is 0.487 e. The molecule has 4 rings (SSSR count). The van der Waals surface area contributed by atoms with E-state index >= 15 is 0 Å². The number of ether oxygens (including phenoxy) is 1. The van der Waals surface area contributed by atoms with Crippen molar-refractivity contribution in [1.29, 1.82) is 0 Å². The predicted molar refractivity (Wildman–Crippen MR) is 101 cm³/mol.